The molecule has 1 saturated heterocycles. The van der Waals surface area contributed by atoms with E-state index in [1.165, 1.54) is 24.1 Å². The Labute approximate surface area is 123 Å². The van der Waals surface area contributed by atoms with Gasteiger partial charge in [0.1, 0.15) is 17.5 Å². The van der Waals surface area contributed by atoms with Crippen LogP contribution in [0.2, 0.25) is 0 Å². The number of aromatic nitrogens is 1. The fourth-order valence-electron chi connectivity index (χ4n) is 3.69. The van der Waals surface area contributed by atoms with Crippen LogP contribution < -0.4 is 0 Å². The van der Waals surface area contributed by atoms with Crippen molar-refractivity contribution in [1.82, 2.24) is 9.47 Å². The van der Waals surface area contributed by atoms with Crippen LogP contribution in [-0.2, 0) is 17.6 Å². The van der Waals surface area contributed by atoms with E-state index in [-0.39, 0.29) is 0 Å². The molecule has 108 valence electrons. The van der Waals surface area contributed by atoms with E-state index in [0.29, 0.717) is 24.6 Å². The molecule has 1 aliphatic carbocycles. The van der Waals surface area contributed by atoms with Gasteiger partial charge in [-0.2, -0.15) is 5.26 Å². The fraction of sp³-hybridized carbons (Fsp3) is 0.500. The van der Waals surface area contributed by atoms with Gasteiger partial charge in [0.2, 0.25) is 0 Å². The van der Waals surface area contributed by atoms with Crippen LogP contribution >= 0.6 is 0 Å². The van der Waals surface area contributed by atoms with Crippen molar-refractivity contribution in [2.75, 3.05) is 26.3 Å². The Morgan fingerprint density at radius 1 is 1.19 bits per heavy atom. The molecule has 5 heteroatoms. The molecule has 1 fully saturated rings. The molecule has 0 atom stereocenters. The van der Waals surface area contributed by atoms with Crippen LogP contribution in [0.4, 0.5) is 0 Å². The molecule has 0 amide bonds. The van der Waals surface area contributed by atoms with Crippen LogP contribution in [-0.4, -0.2) is 41.6 Å². The zero-order valence-electron chi connectivity index (χ0n) is 12.0. The van der Waals surface area contributed by atoms with Gasteiger partial charge in [0.15, 0.2) is 0 Å². The maximum Gasteiger partial charge on any atom is 0.150 e. The predicted octanol–water partition coefficient (Wildman–Crippen LogP) is 1.77. The van der Waals surface area contributed by atoms with Gasteiger partial charge in [-0.15, -0.1) is 0 Å². The number of rotatable bonds is 1. The summed E-state index contributed by atoms with van der Waals surface area (Å²) in [6.07, 6.45) is 4.53. The summed E-state index contributed by atoms with van der Waals surface area (Å²) in [6, 6.07) is 4.46. The van der Waals surface area contributed by atoms with Gasteiger partial charge < -0.3 is 9.64 Å². The van der Waals surface area contributed by atoms with Crippen LogP contribution in [0.25, 0.3) is 5.70 Å². The Morgan fingerprint density at radius 2 is 1.95 bits per heavy atom. The summed E-state index contributed by atoms with van der Waals surface area (Å²) in [5.74, 6) is 0.358. The fourth-order valence-corrected chi connectivity index (χ4v) is 3.69. The van der Waals surface area contributed by atoms with Crippen molar-refractivity contribution < 1.29 is 4.74 Å². The molecule has 1 N–H and O–H groups in total. The van der Waals surface area contributed by atoms with Crippen molar-refractivity contribution >= 4 is 11.5 Å². The van der Waals surface area contributed by atoms with Crippen molar-refractivity contribution in [2.24, 2.45) is 0 Å². The molecule has 4 rings (SSSR count). The topological polar surface area (TPSA) is 65.0 Å². The summed E-state index contributed by atoms with van der Waals surface area (Å²) in [6.45, 7) is 2.97. The van der Waals surface area contributed by atoms with E-state index in [4.69, 9.17) is 10.1 Å². The molecule has 1 aromatic rings. The highest BCUT2D eigenvalue weighted by Crippen LogP contribution is 2.37. The van der Waals surface area contributed by atoms with E-state index < -0.39 is 0 Å². The zero-order chi connectivity index (χ0) is 14.4. The Kier molecular flexibility index (Phi) is 2.86. The summed E-state index contributed by atoms with van der Waals surface area (Å²) in [7, 11) is 0. The lowest BCUT2D eigenvalue weighted by molar-refractivity contribution is 0.0638. The van der Waals surface area contributed by atoms with Gasteiger partial charge in [0, 0.05) is 18.8 Å². The molecule has 0 saturated carbocycles. The van der Waals surface area contributed by atoms with Gasteiger partial charge in [-0.05, 0) is 37.3 Å². The summed E-state index contributed by atoms with van der Waals surface area (Å²) in [5.41, 5.74) is 5.12. The van der Waals surface area contributed by atoms with Gasteiger partial charge in [-0.3, -0.25) is 9.98 Å². The van der Waals surface area contributed by atoms with Gasteiger partial charge in [0.05, 0.1) is 24.6 Å². The minimum absolute atomic E-state index is 0.358. The second-order valence-electron chi connectivity index (χ2n) is 5.83. The molecule has 1 aromatic heterocycles. The molecular formula is C16H18N4O. The number of nitriles is 1. The molecule has 3 heterocycles. The Bertz CT molecular complexity index is 686. The molecule has 0 unspecified atom stereocenters. The van der Waals surface area contributed by atoms with Gasteiger partial charge >= 0.3 is 0 Å². The van der Waals surface area contributed by atoms with Gasteiger partial charge in [-0.25, -0.2) is 0 Å². The third-order valence-corrected chi connectivity index (χ3v) is 4.68. The maximum absolute atomic E-state index is 9.51. The first-order chi connectivity index (χ1) is 10.3. The molecule has 0 spiro atoms. The first-order valence-corrected chi connectivity index (χ1v) is 7.61. The molecule has 5 nitrogen and oxygen atoms in total. The number of nitrogens with zero attached hydrogens (tertiary/aromatic N) is 3. The molecule has 21 heavy (non-hydrogen) atoms. The number of morpholine rings is 1. The van der Waals surface area contributed by atoms with E-state index >= 15 is 0 Å². The summed E-state index contributed by atoms with van der Waals surface area (Å²) >= 11 is 0. The summed E-state index contributed by atoms with van der Waals surface area (Å²) in [5, 5.41) is 17.9. The average molecular weight is 282 g/mol. The van der Waals surface area contributed by atoms with Crippen molar-refractivity contribution in [3.63, 3.8) is 0 Å². The lowest BCUT2D eigenvalue weighted by Crippen LogP contribution is -2.35. The first-order valence-electron chi connectivity index (χ1n) is 7.61. The van der Waals surface area contributed by atoms with Gasteiger partial charge in [0.25, 0.3) is 0 Å². The van der Waals surface area contributed by atoms with E-state index in [1.807, 2.05) is 4.57 Å². The highest BCUT2D eigenvalue weighted by molar-refractivity contribution is 6.13. The smallest absolute Gasteiger partial charge is 0.150 e. The zero-order valence-corrected chi connectivity index (χ0v) is 12.0. The van der Waals surface area contributed by atoms with E-state index in [9.17, 15) is 5.26 Å². The Balaban J connectivity index is 1.85. The largest absolute Gasteiger partial charge is 0.378 e. The van der Waals surface area contributed by atoms with Crippen molar-refractivity contribution in [2.45, 2.75) is 25.7 Å². The number of ether oxygens (including phenoxy) is 1. The van der Waals surface area contributed by atoms with Crippen molar-refractivity contribution in [3.05, 3.63) is 28.6 Å². The molecule has 3 aliphatic rings. The second-order valence-corrected chi connectivity index (χ2v) is 5.83. The highest BCUT2D eigenvalue weighted by atomic mass is 16.5. The third-order valence-electron chi connectivity index (χ3n) is 4.68. The minimum Gasteiger partial charge on any atom is -0.378 e. The van der Waals surface area contributed by atoms with Crippen LogP contribution in [0.5, 0.6) is 0 Å². The van der Waals surface area contributed by atoms with Crippen LogP contribution in [0.15, 0.2) is 11.6 Å². The van der Waals surface area contributed by atoms with Gasteiger partial charge in [-0.1, -0.05) is 0 Å². The second kappa shape index (κ2) is 4.74. The Morgan fingerprint density at radius 3 is 2.71 bits per heavy atom. The number of hydrogen-bond donors (Lipinski definition) is 1. The number of hydrogen-bond acceptors (Lipinski definition) is 4. The monoisotopic (exact) mass is 282 g/mol. The van der Waals surface area contributed by atoms with E-state index in [2.05, 4.69) is 17.0 Å². The number of aryl methyl sites for hydroxylation is 1. The minimum atomic E-state index is 0.358. The number of fused-ring (bicyclic) bond motifs is 3. The van der Waals surface area contributed by atoms with Crippen LogP contribution in [0.1, 0.15) is 29.8 Å². The van der Waals surface area contributed by atoms with Crippen molar-refractivity contribution in [1.29, 1.82) is 10.7 Å². The standard InChI is InChI=1S/C16H18N4O/c17-10-12-15(19-5-7-21-8-6-19)14-9-11-3-1-2-4-13(11)20(14)16(12)18/h9,18H,1-8H2. The average Bonchev–Trinajstić information content (AvgIpc) is 3.03. The van der Waals surface area contributed by atoms with Crippen LogP contribution in [0, 0.1) is 16.7 Å². The molecule has 2 aliphatic heterocycles. The Hall–Kier alpha value is -2.06. The SMILES string of the molecule is N#CC1=C(N2CCOCC2)c2cc3c(n2C1=N)CCCC3. The van der Waals surface area contributed by atoms with Crippen molar-refractivity contribution in [3.8, 4) is 6.07 Å². The molecular weight excluding hydrogens is 264 g/mol. The lowest BCUT2D eigenvalue weighted by Gasteiger charge is -2.29. The molecule has 0 aromatic carbocycles. The highest BCUT2D eigenvalue weighted by Gasteiger charge is 2.34. The normalized spacial score (nSPS) is 21.3. The first kappa shape index (κ1) is 12.7. The number of allylic oxidation sites excluding steroid dienone is 1. The quantitative estimate of drug-likeness (QED) is 0.853. The molecule has 0 bridgehead atoms. The summed E-state index contributed by atoms with van der Waals surface area (Å²) in [4.78, 5) is 2.21. The van der Waals surface area contributed by atoms with E-state index in [1.54, 1.807) is 0 Å². The van der Waals surface area contributed by atoms with E-state index in [0.717, 1.165) is 37.3 Å². The van der Waals surface area contributed by atoms with Crippen LogP contribution in [0.3, 0.4) is 0 Å². The predicted molar refractivity (Wildman–Crippen MR) is 79.1 cm³/mol. The maximum atomic E-state index is 9.51. The third kappa shape index (κ3) is 1.76. The number of nitrogens with one attached hydrogen (secondary N) is 1. The lowest BCUT2D eigenvalue weighted by atomic mass is 9.97. The molecule has 0 radical (unpaired) electrons. The summed E-state index contributed by atoms with van der Waals surface area (Å²) < 4.78 is 7.43.